The van der Waals surface area contributed by atoms with Crippen molar-refractivity contribution >= 4 is 34.0 Å². The summed E-state index contributed by atoms with van der Waals surface area (Å²) in [4.78, 5) is 0. The van der Waals surface area contributed by atoms with Crippen LogP contribution in [0.5, 0.6) is 0 Å². The number of benzene rings is 9. The van der Waals surface area contributed by atoms with Crippen molar-refractivity contribution in [1.29, 1.82) is 0 Å². The minimum Gasteiger partial charge on any atom is -0.149 e. The molecule has 284 valence electrons. The highest BCUT2D eigenvalue weighted by Gasteiger charge is 2.48. The van der Waals surface area contributed by atoms with Crippen LogP contribution in [0.4, 0.5) is 0 Å². The molecule has 0 aromatic heterocycles. The van der Waals surface area contributed by atoms with E-state index < -0.39 is 7.38 Å². The molecule has 9 aromatic rings. The van der Waals surface area contributed by atoms with Crippen molar-refractivity contribution < 1.29 is 0 Å². The van der Waals surface area contributed by atoms with Crippen LogP contribution in [0.2, 0.25) is 0 Å². The van der Waals surface area contributed by atoms with Gasteiger partial charge in [0.1, 0.15) is 0 Å². The number of hydrogen-bond acceptors (Lipinski definition) is 0. The van der Waals surface area contributed by atoms with E-state index in [1.807, 2.05) is 0 Å². The molecule has 0 bridgehead atoms. The third-order valence-corrected chi connectivity index (χ3v) is 16.8. The zero-order valence-corrected chi connectivity index (χ0v) is 35.4. The molecule has 59 heavy (non-hydrogen) atoms. The van der Waals surface area contributed by atoms with E-state index in [0.717, 1.165) is 66.8 Å². The Morgan fingerprint density at radius 2 is 0.407 bits per heavy atom. The molecule has 0 atom stereocenters. The van der Waals surface area contributed by atoms with Crippen molar-refractivity contribution in [2.75, 3.05) is 0 Å². The van der Waals surface area contributed by atoms with Crippen LogP contribution in [0.1, 0.15) is 16.7 Å². The van der Waals surface area contributed by atoms with E-state index in [0.29, 0.717) is 0 Å². The first kappa shape index (κ1) is 38.0. The molecule has 0 saturated heterocycles. The molecule has 0 unspecified atom stereocenters. The molecule has 0 aliphatic heterocycles. The average Bonchev–Trinajstić information content (AvgIpc) is 3.29. The van der Waals surface area contributed by atoms with Crippen LogP contribution in [0.15, 0.2) is 218 Å². The van der Waals surface area contributed by atoms with E-state index >= 15 is 0 Å². The average molecular weight is 794 g/mol. The molecule has 0 nitrogen and oxygen atoms in total. The van der Waals surface area contributed by atoms with Crippen LogP contribution in [0, 0.1) is 20.8 Å². The van der Waals surface area contributed by atoms with Crippen molar-refractivity contribution in [2.45, 2.75) is 20.8 Å². The summed E-state index contributed by atoms with van der Waals surface area (Å²) in [6.45, 7) is 6.65. The first-order valence-corrected chi connectivity index (χ1v) is 23.4. The fourth-order valence-electron chi connectivity index (χ4n) is 8.92. The summed E-state index contributed by atoms with van der Waals surface area (Å²) in [5, 5.41) is 3.54. The van der Waals surface area contributed by atoms with Gasteiger partial charge in [0.15, 0.2) is 0 Å². The minimum absolute atomic E-state index is 1.14. The van der Waals surface area contributed by atoms with Gasteiger partial charge in [-0.1, -0.05) is 218 Å². The van der Waals surface area contributed by atoms with Gasteiger partial charge in [-0.15, -0.1) is 11.1 Å². The van der Waals surface area contributed by atoms with Gasteiger partial charge in [0.25, 0.3) is 7.38 Å². The van der Waals surface area contributed by atoms with E-state index in [-0.39, 0.29) is 0 Å². The second-order valence-electron chi connectivity index (χ2n) is 15.6. The Kier molecular flexibility index (Phi) is 10.6. The van der Waals surface area contributed by atoms with Crippen LogP contribution >= 0.6 is 11.1 Å². The van der Waals surface area contributed by atoms with Gasteiger partial charge >= 0.3 is 0 Å². The summed E-state index contributed by atoms with van der Waals surface area (Å²) >= 11 is 9.54. The zero-order chi connectivity index (χ0) is 40.3. The quantitative estimate of drug-likeness (QED) is 0.0776. The molecule has 0 N–H and O–H groups in total. The maximum absolute atomic E-state index is 9.54. The SMILES string of the molecule is Cc1cc(-c2ccccc2)c([Si](Cl)(c2c(-c3ccccc3)cc(C)cc2-c2ccccc2)c2c(-c3ccccc3)cc(C)cc2-c2ccccc2)c(-c2ccccc2)c1. The van der Waals surface area contributed by atoms with E-state index in [2.05, 4.69) is 239 Å². The second-order valence-corrected chi connectivity index (χ2v) is 20.1. The number of aryl methyl sites for hydroxylation is 3. The summed E-state index contributed by atoms with van der Waals surface area (Å²) < 4.78 is 0. The Morgan fingerprint density at radius 1 is 0.254 bits per heavy atom. The number of rotatable bonds is 9. The minimum atomic E-state index is -3.84. The molecule has 0 aliphatic carbocycles. The Hall–Kier alpha value is -6.51. The van der Waals surface area contributed by atoms with Gasteiger partial charge in [-0.05, 0) is 120 Å². The summed E-state index contributed by atoms with van der Waals surface area (Å²) in [7, 11) is -3.84. The summed E-state index contributed by atoms with van der Waals surface area (Å²) in [5.74, 6) is 0. The van der Waals surface area contributed by atoms with Gasteiger partial charge in [-0.2, -0.15) is 0 Å². The molecule has 0 aliphatic rings. The van der Waals surface area contributed by atoms with E-state index in [9.17, 15) is 11.1 Å². The first-order chi connectivity index (χ1) is 28.9. The van der Waals surface area contributed by atoms with Gasteiger partial charge in [-0.25, -0.2) is 0 Å². The summed E-state index contributed by atoms with van der Waals surface area (Å²) in [6.07, 6.45) is 0. The van der Waals surface area contributed by atoms with Gasteiger partial charge < -0.3 is 0 Å². The third kappa shape index (κ3) is 7.29. The van der Waals surface area contributed by atoms with Gasteiger partial charge in [-0.3, -0.25) is 0 Å². The largest absolute Gasteiger partial charge is 0.251 e. The fourth-order valence-corrected chi connectivity index (χ4v) is 15.0. The summed E-state index contributed by atoms with van der Waals surface area (Å²) in [5.41, 5.74) is 17.4. The lowest BCUT2D eigenvalue weighted by molar-refractivity contribution is 1.46. The maximum atomic E-state index is 9.54. The topological polar surface area (TPSA) is 0 Å². The lowest BCUT2D eigenvalue weighted by Gasteiger charge is -2.38. The highest BCUT2D eigenvalue weighted by Crippen LogP contribution is 2.40. The molecule has 9 rings (SSSR count). The molecule has 0 amide bonds. The predicted molar refractivity (Wildman–Crippen MR) is 257 cm³/mol. The Balaban J connectivity index is 1.60. The van der Waals surface area contributed by atoms with Crippen LogP contribution in [0.25, 0.3) is 66.8 Å². The fraction of sp³-hybridized carbons (Fsp3) is 0.0526. The maximum Gasteiger partial charge on any atom is 0.251 e. The number of hydrogen-bond donors (Lipinski definition) is 0. The Bertz CT molecular complexity index is 2370. The lowest BCUT2D eigenvalue weighted by Crippen LogP contribution is -2.66. The van der Waals surface area contributed by atoms with Crippen molar-refractivity contribution in [3.05, 3.63) is 235 Å². The van der Waals surface area contributed by atoms with Crippen LogP contribution in [-0.2, 0) is 0 Å². The lowest BCUT2D eigenvalue weighted by atomic mass is 9.95. The smallest absolute Gasteiger partial charge is 0.149 e. The van der Waals surface area contributed by atoms with Gasteiger partial charge in [0.2, 0.25) is 0 Å². The van der Waals surface area contributed by atoms with Gasteiger partial charge in [0.05, 0.1) is 0 Å². The second kappa shape index (κ2) is 16.4. The highest BCUT2D eigenvalue weighted by atomic mass is 35.6. The van der Waals surface area contributed by atoms with E-state index in [4.69, 9.17) is 0 Å². The normalized spacial score (nSPS) is 11.4. The molecule has 9 aromatic carbocycles. The van der Waals surface area contributed by atoms with Crippen LogP contribution in [0.3, 0.4) is 0 Å². The van der Waals surface area contributed by atoms with Crippen molar-refractivity contribution in [3.63, 3.8) is 0 Å². The standard InChI is InChI=1S/C57H45ClSi/c1-40-34-49(43-22-10-4-11-23-43)55(50(35-40)44-24-12-5-13-25-44)59(58,56-51(45-26-14-6-15-27-45)36-41(2)37-52(56)46-28-16-7-17-29-46)57-53(47-30-18-8-19-31-47)38-42(3)39-54(57)48-32-20-9-21-33-48/h4-39H,1-3H3. The van der Waals surface area contributed by atoms with E-state index in [1.54, 1.807) is 0 Å². The third-order valence-electron chi connectivity index (χ3n) is 11.4. The monoisotopic (exact) mass is 792 g/mol. The van der Waals surface area contributed by atoms with Gasteiger partial charge in [0, 0.05) is 0 Å². The summed E-state index contributed by atoms with van der Waals surface area (Å²) in [6, 6.07) is 79.6. The first-order valence-electron chi connectivity index (χ1n) is 20.4. The molecular formula is C57H45ClSi. The molecule has 2 heteroatoms. The highest BCUT2D eigenvalue weighted by molar-refractivity contribution is 7.42. The zero-order valence-electron chi connectivity index (χ0n) is 33.7. The van der Waals surface area contributed by atoms with Crippen molar-refractivity contribution in [1.82, 2.24) is 0 Å². The molecule has 0 heterocycles. The number of halogens is 1. The van der Waals surface area contributed by atoms with Crippen LogP contribution in [-0.4, -0.2) is 7.38 Å². The molecular weight excluding hydrogens is 748 g/mol. The molecule has 0 spiro atoms. The van der Waals surface area contributed by atoms with Crippen molar-refractivity contribution in [2.24, 2.45) is 0 Å². The predicted octanol–water partition coefficient (Wildman–Crippen LogP) is 13.8. The molecule has 0 saturated carbocycles. The molecule has 0 radical (unpaired) electrons. The Morgan fingerprint density at radius 3 is 0.559 bits per heavy atom. The Labute approximate surface area is 354 Å². The van der Waals surface area contributed by atoms with Crippen molar-refractivity contribution in [3.8, 4) is 66.8 Å². The van der Waals surface area contributed by atoms with E-state index in [1.165, 1.54) is 32.3 Å². The van der Waals surface area contributed by atoms with Crippen LogP contribution < -0.4 is 15.6 Å². The molecule has 0 fully saturated rings.